The highest BCUT2D eigenvalue weighted by atomic mass is 14.9. The quantitative estimate of drug-likeness (QED) is 0.659. The Kier molecular flexibility index (Phi) is 2.40. The van der Waals surface area contributed by atoms with E-state index in [0.717, 1.165) is 27.4 Å². The first kappa shape index (κ1) is 11.0. The minimum atomic E-state index is 0.376. The molecule has 0 aliphatic carbocycles. The van der Waals surface area contributed by atoms with Crippen molar-refractivity contribution in [3.05, 3.63) is 42.1 Å². The van der Waals surface area contributed by atoms with Crippen molar-refractivity contribution < 1.29 is 0 Å². The monoisotopic (exact) mass is 237 g/mol. The summed E-state index contributed by atoms with van der Waals surface area (Å²) in [6.07, 6.45) is 1.79. The van der Waals surface area contributed by atoms with E-state index in [9.17, 15) is 0 Å². The predicted octanol–water partition coefficient (Wildman–Crippen LogP) is 3.49. The Morgan fingerprint density at radius 1 is 1.06 bits per heavy atom. The summed E-state index contributed by atoms with van der Waals surface area (Å²) < 4.78 is 0. The molecule has 0 amide bonds. The molecule has 90 valence electrons. The topological polar surface area (TPSA) is 51.8 Å². The first-order chi connectivity index (χ1) is 8.66. The molecule has 0 saturated heterocycles. The van der Waals surface area contributed by atoms with Crippen molar-refractivity contribution in [2.24, 2.45) is 0 Å². The van der Waals surface area contributed by atoms with Crippen LogP contribution in [0.15, 0.2) is 36.5 Å². The molecule has 3 aromatic rings. The number of hydrogen-bond acceptors (Lipinski definition) is 3. The maximum absolute atomic E-state index is 6.04. The van der Waals surface area contributed by atoms with Crippen molar-refractivity contribution in [2.45, 2.75) is 19.8 Å². The average molecular weight is 237 g/mol. The second-order valence-electron chi connectivity index (χ2n) is 4.83. The van der Waals surface area contributed by atoms with Gasteiger partial charge in [0.25, 0.3) is 0 Å². The number of fused-ring (bicyclic) bond motifs is 3. The Labute approximate surface area is 106 Å². The maximum atomic E-state index is 6.04. The molecule has 0 atom stereocenters. The van der Waals surface area contributed by atoms with Gasteiger partial charge in [-0.05, 0) is 23.6 Å². The van der Waals surface area contributed by atoms with Gasteiger partial charge in [-0.15, -0.1) is 0 Å². The molecule has 0 unspecified atom stereocenters. The molecule has 0 aliphatic rings. The van der Waals surface area contributed by atoms with Crippen LogP contribution in [-0.4, -0.2) is 9.97 Å². The fourth-order valence-electron chi connectivity index (χ4n) is 2.27. The molecule has 2 aromatic heterocycles. The van der Waals surface area contributed by atoms with E-state index in [-0.39, 0.29) is 0 Å². The van der Waals surface area contributed by atoms with Gasteiger partial charge in [-0.1, -0.05) is 32.0 Å². The van der Waals surface area contributed by atoms with Gasteiger partial charge in [0, 0.05) is 17.0 Å². The highest BCUT2D eigenvalue weighted by molar-refractivity contribution is 6.03. The summed E-state index contributed by atoms with van der Waals surface area (Å²) in [5.41, 5.74) is 8.93. The van der Waals surface area contributed by atoms with Crippen LogP contribution in [0.2, 0.25) is 0 Å². The largest absolute Gasteiger partial charge is 0.383 e. The molecule has 1 aromatic carbocycles. The normalized spacial score (nSPS) is 11.5. The van der Waals surface area contributed by atoms with Crippen molar-refractivity contribution in [3.63, 3.8) is 0 Å². The van der Waals surface area contributed by atoms with E-state index in [1.54, 1.807) is 6.20 Å². The Balaban J connectivity index is 2.42. The zero-order valence-electron chi connectivity index (χ0n) is 10.5. The van der Waals surface area contributed by atoms with E-state index in [2.05, 4.69) is 42.0 Å². The van der Waals surface area contributed by atoms with Crippen LogP contribution in [0.1, 0.15) is 25.3 Å². The molecule has 3 nitrogen and oxygen atoms in total. The molecule has 0 bridgehead atoms. The number of nitrogens with two attached hydrogens (primary N) is 1. The Hall–Kier alpha value is -2.16. The van der Waals surface area contributed by atoms with Gasteiger partial charge in [0.05, 0.1) is 11.0 Å². The Bertz CT molecular complexity index is 732. The third kappa shape index (κ3) is 1.59. The molecule has 2 heterocycles. The van der Waals surface area contributed by atoms with Crippen molar-refractivity contribution in [1.82, 2.24) is 9.97 Å². The SMILES string of the molecule is CC(C)c1cc2ccc3cccnc3c2nc1N. The predicted molar refractivity (Wildman–Crippen MR) is 75.5 cm³/mol. The van der Waals surface area contributed by atoms with Crippen molar-refractivity contribution >= 4 is 27.6 Å². The molecule has 0 fully saturated rings. The number of anilines is 1. The van der Waals surface area contributed by atoms with Gasteiger partial charge >= 0.3 is 0 Å². The van der Waals surface area contributed by atoms with E-state index in [0.29, 0.717) is 11.7 Å². The highest BCUT2D eigenvalue weighted by Crippen LogP contribution is 2.28. The highest BCUT2D eigenvalue weighted by Gasteiger charge is 2.10. The summed E-state index contributed by atoms with van der Waals surface area (Å²) in [4.78, 5) is 8.95. The summed E-state index contributed by atoms with van der Waals surface area (Å²) in [6, 6.07) is 10.2. The first-order valence-electron chi connectivity index (χ1n) is 6.10. The molecule has 3 rings (SSSR count). The van der Waals surface area contributed by atoms with Crippen LogP contribution in [0.25, 0.3) is 21.8 Å². The van der Waals surface area contributed by atoms with Crippen molar-refractivity contribution in [3.8, 4) is 0 Å². The first-order valence-corrected chi connectivity index (χ1v) is 6.10. The molecular weight excluding hydrogens is 222 g/mol. The zero-order chi connectivity index (χ0) is 12.7. The lowest BCUT2D eigenvalue weighted by molar-refractivity contribution is 0.866. The van der Waals surface area contributed by atoms with Crippen LogP contribution in [0.4, 0.5) is 5.82 Å². The smallest absolute Gasteiger partial charge is 0.127 e. The minimum absolute atomic E-state index is 0.376. The van der Waals surface area contributed by atoms with Crippen LogP contribution in [0.5, 0.6) is 0 Å². The molecule has 18 heavy (non-hydrogen) atoms. The van der Waals surface area contributed by atoms with Gasteiger partial charge in [-0.2, -0.15) is 0 Å². The molecule has 0 saturated carbocycles. The minimum Gasteiger partial charge on any atom is -0.383 e. The molecule has 0 radical (unpaired) electrons. The van der Waals surface area contributed by atoms with E-state index < -0.39 is 0 Å². The third-order valence-electron chi connectivity index (χ3n) is 3.24. The second kappa shape index (κ2) is 3.95. The molecule has 0 spiro atoms. The maximum Gasteiger partial charge on any atom is 0.127 e. The van der Waals surface area contributed by atoms with Crippen molar-refractivity contribution in [1.29, 1.82) is 0 Å². The van der Waals surface area contributed by atoms with E-state index in [4.69, 9.17) is 5.73 Å². The van der Waals surface area contributed by atoms with Gasteiger partial charge in [-0.3, -0.25) is 4.98 Å². The Morgan fingerprint density at radius 2 is 1.83 bits per heavy atom. The summed E-state index contributed by atoms with van der Waals surface area (Å²) in [5, 5.41) is 2.19. The molecule has 0 aliphatic heterocycles. The van der Waals surface area contributed by atoms with Crippen molar-refractivity contribution in [2.75, 3.05) is 5.73 Å². The fourth-order valence-corrected chi connectivity index (χ4v) is 2.27. The van der Waals surface area contributed by atoms with E-state index in [1.165, 1.54) is 0 Å². The lowest BCUT2D eigenvalue weighted by Gasteiger charge is -2.11. The summed E-state index contributed by atoms with van der Waals surface area (Å²) >= 11 is 0. The molecular formula is C15H15N3. The van der Waals surface area contributed by atoms with Crippen LogP contribution in [-0.2, 0) is 0 Å². The van der Waals surface area contributed by atoms with Crippen LogP contribution in [0.3, 0.4) is 0 Å². The van der Waals surface area contributed by atoms with Gasteiger partial charge in [-0.25, -0.2) is 4.98 Å². The summed E-state index contributed by atoms with van der Waals surface area (Å²) in [7, 11) is 0. The molecule has 3 heteroatoms. The number of pyridine rings is 2. The Morgan fingerprint density at radius 3 is 2.61 bits per heavy atom. The summed E-state index contributed by atoms with van der Waals surface area (Å²) in [5.74, 6) is 0.983. The van der Waals surface area contributed by atoms with Gasteiger partial charge < -0.3 is 5.73 Å². The third-order valence-corrected chi connectivity index (χ3v) is 3.24. The fraction of sp³-hybridized carbons (Fsp3) is 0.200. The number of nitrogens with zero attached hydrogens (tertiary/aromatic N) is 2. The van der Waals surface area contributed by atoms with Gasteiger partial charge in [0.15, 0.2) is 0 Å². The number of benzene rings is 1. The lowest BCUT2D eigenvalue weighted by atomic mass is 10.0. The lowest BCUT2D eigenvalue weighted by Crippen LogP contribution is -2.00. The van der Waals surface area contributed by atoms with E-state index in [1.807, 2.05) is 12.1 Å². The van der Waals surface area contributed by atoms with Crippen LogP contribution >= 0.6 is 0 Å². The number of rotatable bonds is 1. The number of nitrogen functional groups attached to an aromatic ring is 1. The average Bonchev–Trinajstić information content (AvgIpc) is 2.37. The standard InChI is InChI=1S/C15H15N3/c1-9(2)12-8-11-6-5-10-4-3-7-17-13(10)14(11)18-15(12)16/h3-9H,1-2H3,(H2,16,18). The van der Waals surface area contributed by atoms with Gasteiger partial charge in [0.1, 0.15) is 5.82 Å². The van der Waals surface area contributed by atoms with Crippen LogP contribution in [0, 0.1) is 0 Å². The number of hydrogen-bond donors (Lipinski definition) is 1. The van der Waals surface area contributed by atoms with E-state index >= 15 is 0 Å². The zero-order valence-corrected chi connectivity index (χ0v) is 10.5. The van der Waals surface area contributed by atoms with Crippen LogP contribution < -0.4 is 5.73 Å². The summed E-state index contributed by atoms with van der Waals surface area (Å²) in [6.45, 7) is 4.25. The molecule has 2 N–H and O–H groups in total. The number of aromatic nitrogens is 2. The van der Waals surface area contributed by atoms with Gasteiger partial charge in [0.2, 0.25) is 0 Å². The second-order valence-corrected chi connectivity index (χ2v) is 4.83.